The Morgan fingerprint density at radius 1 is 1.06 bits per heavy atom. The highest BCUT2D eigenvalue weighted by atomic mass is 79.9. The maximum atomic E-state index is 12.2. The van der Waals surface area contributed by atoms with Crippen LogP contribution in [0.3, 0.4) is 0 Å². The van der Waals surface area contributed by atoms with Crippen LogP contribution in [-0.4, -0.2) is 59.2 Å². The van der Waals surface area contributed by atoms with Gasteiger partial charge in [-0.25, -0.2) is 9.59 Å². The van der Waals surface area contributed by atoms with Crippen LogP contribution in [0.4, 0.5) is 5.69 Å². The minimum absolute atomic E-state index is 0.221. The van der Waals surface area contributed by atoms with E-state index in [9.17, 15) is 4.79 Å². The Morgan fingerprint density at radius 3 is 2.38 bits per heavy atom. The fourth-order valence-electron chi connectivity index (χ4n) is 3.12. The third-order valence-electron chi connectivity index (χ3n) is 4.81. The number of ether oxygens (including phenoxy) is 1. The molecule has 1 fully saturated rings. The maximum absolute atomic E-state index is 12.2. The van der Waals surface area contributed by atoms with E-state index in [1.54, 1.807) is 12.1 Å². The molecular formula is C24H26BrClN2O6. The van der Waals surface area contributed by atoms with Crippen LogP contribution >= 0.6 is 27.5 Å². The third kappa shape index (κ3) is 9.94. The van der Waals surface area contributed by atoms with Gasteiger partial charge in [0.25, 0.3) is 0 Å². The summed E-state index contributed by atoms with van der Waals surface area (Å²) in [5.74, 6) is -3.14. The highest BCUT2D eigenvalue weighted by Crippen LogP contribution is 2.28. The number of anilines is 1. The van der Waals surface area contributed by atoms with Crippen LogP contribution in [0.25, 0.3) is 6.08 Å². The number of carboxylic acid groups (broad SMARTS) is 2. The van der Waals surface area contributed by atoms with E-state index in [1.807, 2.05) is 36.4 Å². The minimum atomic E-state index is -1.82. The van der Waals surface area contributed by atoms with Crippen molar-refractivity contribution in [2.24, 2.45) is 0 Å². The molecule has 3 N–H and O–H groups in total. The summed E-state index contributed by atoms with van der Waals surface area (Å²) in [4.78, 5) is 32.8. The van der Waals surface area contributed by atoms with E-state index in [1.165, 1.54) is 25.3 Å². The quantitative estimate of drug-likeness (QED) is 0.334. The van der Waals surface area contributed by atoms with Crippen LogP contribution in [-0.2, 0) is 14.4 Å². The van der Waals surface area contributed by atoms with Crippen LogP contribution in [0, 0.1) is 0 Å². The number of halogens is 2. The number of piperidine rings is 1. The van der Waals surface area contributed by atoms with E-state index in [-0.39, 0.29) is 5.91 Å². The van der Waals surface area contributed by atoms with Gasteiger partial charge in [0.05, 0.1) is 4.47 Å². The number of aliphatic carboxylic acids is 2. The molecule has 1 saturated heterocycles. The van der Waals surface area contributed by atoms with Crippen molar-refractivity contribution in [2.75, 3.05) is 31.6 Å². The number of carbonyl (C=O) groups excluding carboxylic acids is 1. The Hall–Kier alpha value is -2.88. The van der Waals surface area contributed by atoms with E-state index in [0.29, 0.717) is 17.3 Å². The lowest BCUT2D eigenvalue weighted by atomic mass is 10.1. The summed E-state index contributed by atoms with van der Waals surface area (Å²) < 4.78 is 6.80. The number of rotatable bonds is 7. The summed E-state index contributed by atoms with van der Waals surface area (Å²) in [6, 6.07) is 12.9. The third-order valence-corrected chi connectivity index (χ3v) is 5.81. The van der Waals surface area contributed by atoms with Crippen molar-refractivity contribution in [1.29, 1.82) is 0 Å². The molecule has 182 valence electrons. The molecule has 10 heteroatoms. The lowest BCUT2D eigenvalue weighted by molar-refractivity contribution is -0.159. The highest BCUT2D eigenvalue weighted by molar-refractivity contribution is 9.10. The SMILES string of the molecule is O=C(/C=C/c1ccccc1Cl)Nc1ccc(Br)c(OCCN2CCCCC2)c1.O=C(O)C(=O)O. The van der Waals surface area contributed by atoms with Gasteiger partial charge >= 0.3 is 11.9 Å². The number of hydrogen-bond donors (Lipinski definition) is 3. The van der Waals surface area contributed by atoms with Gasteiger partial charge in [-0.15, -0.1) is 0 Å². The fraction of sp³-hybridized carbons (Fsp3) is 0.292. The number of hydrogen-bond acceptors (Lipinski definition) is 5. The highest BCUT2D eigenvalue weighted by Gasteiger charge is 2.11. The monoisotopic (exact) mass is 552 g/mol. The first-order chi connectivity index (χ1) is 16.3. The van der Waals surface area contributed by atoms with Crippen molar-refractivity contribution in [2.45, 2.75) is 19.3 Å². The first-order valence-electron chi connectivity index (χ1n) is 10.6. The van der Waals surface area contributed by atoms with Gasteiger partial charge in [0.1, 0.15) is 12.4 Å². The second-order valence-electron chi connectivity index (χ2n) is 7.35. The van der Waals surface area contributed by atoms with Crippen molar-refractivity contribution in [3.05, 3.63) is 63.6 Å². The summed E-state index contributed by atoms with van der Waals surface area (Å²) in [5, 5.41) is 18.3. The maximum Gasteiger partial charge on any atom is 0.414 e. The zero-order chi connectivity index (χ0) is 24.9. The fourth-order valence-corrected chi connectivity index (χ4v) is 3.68. The van der Waals surface area contributed by atoms with Gasteiger partial charge in [-0.3, -0.25) is 9.69 Å². The standard InChI is InChI=1S/C22H24BrClN2O2.C2H2O4/c23-19-10-9-18(16-21(19)28-15-14-26-12-4-1-5-13-26)25-22(27)11-8-17-6-2-3-7-20(17)24;3-1(4)2(5)6/h2-3,6-11,16H,1,4-5,12-15H2,(H,25,27);(H,3,4)(H,5,6)/b11-8+;. The first-order valence-corrected chi connectivity index (χ1v) is 11.8. The Morgan fingerprint density at radius 2 is 1.74 bits per heavy atom. The molecule has 8 nitrogen and oxygen atoms in total. The molecule has 1 heterocycles. The molecule has 0 unspecified atom stereocenters. The number of benzene rings is 2. The molecule has 0 radical (unpaired) electrons. The lowest BCUT2D eigenvalue weighted by Gasteiger charge is -2.26. The molecule has 0 spiro atoms. The second kappa shape index (κ2) is 14.4. The molecule has 3 rings (SSSR count). The Kier molecular flexibility index (Phi) is 11.6. The predicted molar refractivity (Wildman–Crippen MR) is 134 cm³/mol. The Bertz CT molecular complexity index is 1010. The lowest BCUT2D eigenvalue weighted by Crippen LogP contribution is -2.33. The molecule has 1 aliphatic rings. The summed E-state index contributed by atoms with van der Waals surface area (Å²) in [6.45, 7) is 3.85. The molecule has 0 saturated carbocycles. The molecule has 0 aromatic heterocycles. The van der Waals surface area contributed by atoms with Crippen LogP contribution < -0.4 is 10.1 Å². The Balaban J connectivity index is 0.000000604. The average Bonchev–Trinajstić information content (AvgIpc) is 2.81. The molecule has 2 aromatic carbocycles. The molecule has 0 atom stereocenters. The van der Waals surface area contributed by atoms with E-state index in [0.717, 1.165) is 35.4 Å². The van der Waals surface area contributed by atoms with Crippen molar-refractivity contribution < 1.29 is 29.3 Å². The van der Waals surface area contributed by atoms with Crippen molar-refractivity contribution in [1.82, 2.24) is 4.90 Å². The van der Waals surface area contributed by atoms with Gasteiger partial charge in [-0.1, -0.05) is 36.2 Å². The number of nitrogens with zero attached hydrogens (tertiary/aromatic N) is 1. The smallest absolute Gasteiger partial charge is 0.414 e. The van der Waals surface area contributed by atoms with Gasteiger partial charge in [0.15, 0.2) is 0 Å². The minimum Gasteiger partial charge on any atom is -0.491 e. The van der Waals surface area contributed by atoms with E-state index in [4.69, 9.17) is 36.1 Å². The van der Waals surface area contributed by atoms with Crippen molar-refractivity contribution >= 4 is 57.1 Å². The van der Waals surface area contributed by atoms with Crippen LogP contribution in [0.1, 0.15) is 24.8 Å². The van der Waals surface area contributed by atoms with Crippen LogP contribution in [0.2, 0.25) is 5.02 Å². The number of carboxylic acids is 2. The number of likely N-dealkylation sites (tertiary alicyclic amines) is 1. The van der Waals surface area contributed by atoms with Crippen LogP contribution in [0.5, 0.6) is 5.75 Å². The number of carbonyl (C=O) groups is 3. The summed E-state index contributed by atoms with van der Waals surface area (Å²) in [6.07, 6.45) is 7.04. The molecule has 1 aliphatic heterocycles. The van der Waals surface area contributed by atoms with Gasteiger partial charge in [0.2, 0.25) is 5.91 Å². The Labute approximate surface area is 211 Å². The second-order valence-corrected chi connectivity index (χ2v) is 8.61. The van der Waals surface area contributed by atoms with Gasteiger partial charge in [-0.05, 0) is 71.7 Å². The van der Waals surface area contributed by atoms with Gasteiger partial charge in [-0.2, -0.15) is 0 Å². The van der Waals surface area contributed by atoms with Gasteiger partial charge in [0, 0.05) is 29.4 Å². The van der Waals surface area contributed by atoms with E-state index in [2.05, 4.69) is 26.1 Å². The van der Waals surface area contributed by atoms with Gasteiger partial charge < -0.3 is 20.3 Å². The number of amides is 1. The molecule has 0 bridgehead atoms. The van der Waals surface area contributed by atoms with Crippen molar-refractivity contribution in [3.63, 3.8) is 0 Å². The summed E-state index contributed by atoms with van der Waals surface area (Å²) in [7, 11) is 0. The summed E-state index contributed by atoms with van der Waals surface area (Å²) in [5.41, 5.74) is 1.49. The molecule has 34 heavy (non-hydrogen) atoms. The predicted octanol–water partition coefficient (Wildman–Crippen LogP) is 4.77. The van der Waals surface area contributed by atoms with Crippen LogP contribution in [0.15, 0.2) is 53.0 Å². The van der Waals surface area contributed by atoms with E-state index < -0.39 is 11.9 Å². The zero-order valence-corrected chi connectivity index (χ0v) is 20.7. The molecular weight excluding hydrogens is 528 g/mol. The summed E-state index contributed by atoms with van der Waals surface area (Å²) >= 11 is 9.61. The van der Waals surface area contributed by atoms with Crippen molar-refractivity contribution in [3.8, 4) is 5.75 Å². The first kappa shape index (κ1) is 27.4. The largest absolute Gasteiger partial charge is 0.491 e. The number of nitrogens with one attached hydrogen (secondary N) is 1. The zero-order valence-electron chi connectivity index (χ0n) is 18.4. The molecule has 0 aliphatic carbocycles. The molecule has 2 aromatic rings. The normalized spacial score (nSPS) is 13.6. The molecule has 1 amide bonds. The van der Waals surface area contributed by atoms with E-state index >= 15 is 0 Å². The topological polar surface area (TPSA) is 116 Å². The average molecular weight is 554 g/mol.